The molecular formula is C19H30O6. The molecule has 1 saturated carbocycles. The van der Waals surface area contributed by atoms with Crippen molar-refractivity contribution < 1.29 is 28.5 Å². The average molecular weight is 354 g/mol. The molecule has 2 fully saturated rings. The number of carbonyl (C=O) groups excluding carboxylic acids is 2. The van der Waals surface area contributed by atoms with Gasteiger partial charge in [0.05, 0.1) is 43.0 Å². The lowest BCUT2D eigenvalue weighted by atomic mass is 9.83. The first-order valence-electron chi connectivity index (χ1n) is 8.94. The number of ether oxygens (including phenoxy) is 4. The van der Waals surface area contributed by atoms with Gasteiger partial charge < -0.3 is 18.9 Å². The molecule has 0 aromatic heterocycles. The van der Waals surface area contributed by atoms with Crippen molar-refractivity contribution in [2.45, 2.75) is 58.7 Å². The molecule has 3 unspecified atom stereocenters. The second kappa shape index (κ2) is 7.87. The molecule has 1 aliphatic carbocycles. The molecule has 0 spiro atoms. The molecule has 2 aliphatic rings. The van der Waals surface area contributed by atoms with Gasteiger partial charge in [0.25, 0.3) is 0 Å². The van der Waals surface area contributed by atoms with Crippen LogP contribution in [0.4, 0.5) is 0 Å². The van der Waals surface area contributed by atoms with Gasteiger partial charge >= 0.3 is 11.9 Å². The summed E-state index contributed by atoms with van der Waals surface area (Å²) in [6.45, 7) is 12.4. The van der Waals surface area contributed by atoms with Crippen LogP contribution in [0, 0.1) is 11.3 Å². The van der Waals surface area contributed by atoms with Crippen LogP contribution in [-0.2, 0) is 28.5 Å². The molecule has 0 aromatic rings. The summed E-state index contributed by atoms with van der Waals surface area (Å²) in [5.41, 5.74) is -0.186. The Morgan fingerprint density at radius 1 is 1.28 bits per heavy atom. The number of epoxide rings is 1. The minimum absolute atomic E-state index is 0.00582. The number of hydrogen-bond donors (Lipinski definition) is 0. The van der Waals surface area contributed by atoms with E-state index in [0.717, 1.165) is 19.3 Å². The molecule has 0 amide bonds. The first kappa shape index (κ1) is 19.9. The van der Waals surface area contributed by atoms with Gasteiger partial charge in [-0.15, -0.1) is 0 Å². The maximum atomic E-state index is 12.3. The third-order valence-corrected chi connectivity index (χ3v) is 4.82. The van der Waals surface area contributed by atoms with E-state index in [4.69, 9.17) is 18.9 Å². The highest BCUT2D eigenvalue weighted by molar-refractivity contribution is 5.88. The fourth-order valence-electron chi connectivity index (χ4n) is 2.93. The fourth-order valence-corrected chi connectivity index (χ4v) is 2.93. The van der Waals surface area contributed by atoms with Gasteiger partial charge in [-0.05, 0) is 33.1 Å². The summed E-state index contributed by atoms with van der Waals surface area (Å²) in [5, 5.41) is 0. The molecule has 0 aromatic carbocycles. The van der Waals surface area contributed by atoms with Crippen LogP contribution in [0.3, 0.4) is 0 Å². The molecular weight excluding hydrogens is 324 g/mol. The first-order chi connectivity index (χ1) is 11.7. The van der Waals surface area contributed by atoms with E-state index in [2.05, 4.69) is 13.5 Å². The topological polar surface area (TPSA) is 74.4 Å². The van der Waals surface area contributed by atoms with E-state index in [1.165, 1.54) is 0 Å². The Morgan fingerprint density at radius 2 is 1.96 bits per heavy atom. The SMILES string of the molecule is C=C(COCC)C(=O)OCC(C)(C)COC(=O)C1CCC2(C)OC2C1. The maximum Gasteiger partial charge on any atom is 0.335 e. The summed E-state index contributed by atoms with van der Waals surface area (Å²) in [5.74, 6) is -0.757. The number of rotatable bonds is 9. The highest BCUT2D eigenvalue weighted by Crippen LogP contribution is 2.49. The van der Waals surface area contributed by atoms with E-state index in [1.54, 1.807) is 0 Å². The van der Waals surface area contributed by atoms with Crippen LogP contribution in [0.5, 0.6) is 0 Å². The van der Waals surface area contributed by atoms with E-state index < -0.39 is 11.4 Å². The molecule has 0 N–H and O–H groups in total. The smallest absolute Gasteiger partial charge is 0.335 e. The molecule has 0 bridgehead atoms. The summed E-state index contributed by atoms with van der Waals surface area (Å²) in [7, 11) is 0. The van der Waals surface area contributed by atoms with Crippen molar-refractivity contribution in [3.63, 3.8) is 0 Å². The Bertz CT molecular complexity index is 526. The lowest BCUT2D eigenvalue weighted by molar-refractivity contribution is -0.155. The average Bonchev–Trinajstić information content (AvgIpc) is 3.25. The van der Waals surface area contributed by atoms with Gasteiger partial charge in [0.15, 0.2) is 0 Å². The largest absolute Gasteiger partial charge is 0.465 e. The highest BCUT2D eigenvalue weighted by Gasteiger charge is 2.56. The van der Waals surface area contributed by atoms with Crippen molar-refractivity contribution in [3.8, 4) is 0 Å². The Kier molecular flexibility index (Phi) is 6.27. The predicted molar refractivity (Wildman–Crippen MR) is 92.0 cm³/mol. The van der Waals surface area contributed by atoms with Gasteiger partial charge in [0.1, 0.15) is 0 Å². The number of esters is 2. The number of carbonyl (C=O) groups is 2. The van der Waals surface area contributed by atoms with E-state index in [-0.39, 0.29) is 49.0 Å². The van der Waals surface area contributed by atoms with Crippen molar-refractivity contribution in [2.24, 2.45) is 11.3 Å². The molecule has 2 rings (SSSR count). The summed E-state index contributed by atoms with van der Waals surface area (Å²) in [4.78, 5) is 24.1. The zero-order valence-corrected chi connectivity index (χ0v) is 15.8. The van der Waals surface area contributed by atoms with Crippen LogP contribution >= 0.6 is 0 Å². The van der Waals surface area contributed by atoms with Crippen LogP contribution in [0.1, 0.15) is 47.0 Å². The van der Waals surface area contributed by atoms with Crippen molar-refractivity contribution in [3.05, 3.63) is 12.2 Å². The summed E-state index contributed by atoms with van der Waals surface area (Å²) < 4.78 is 21.5. The normalized spacial score (nSPS) is 28.0. The van der Waals surface area contributed by atoms with Gasteiger partial charge in [-0.3, -0.25) is 4.79 Å². The summed E-state index contributed by atoms with van der Waals surface area (Å²) in [6.07, 6.45) is 2.64. The third kappa shape index (κ3) is 5.54. The van der Waals surface area contributed by atoms with Gasteiger partial charge in [-0.25, -0.2) is 4.79 Å². The minimum Gasteiger partial charge on any atom is -0.465 e. The van der Waals surface area contributed by atoms with E-state index in [9.17, 15) is 9.59 Å². The van der Waals surface area contributed by atoms with Crippen molar-refractivity contribution >= 4 is 11.9 Å². The van der Waals surface area contributed by atoms with Gasteiger partial charge in [-0.2, -0.15) is 0 Å². The lowest BCUT2D eigenvalue weighted by Gasteiger charge is -2.26. The van der Waals surface area contributed by atoms with E-state index in [1.807, 2.05) is 20.8 Å². The molecule has 25 heavy (non-hydrogen) atoms. The van der Waals surface area contributed by atoms with Gasteiger partial charge in [0, 0.05) is 12.0 Å². The van der Waals surface area contributed by atoms with Crippen LogP contribution in [0.25, 0.3) is 0 Å². The Hall–Kier alpha value is -1.40. The van der Waals surface area contributed by atoms with Crippen molar-refractivity contribution in [1.29, 1.82) is 0 Å². The van der Waals surface area contributed by atoms with Crippen LogP contribution in [-0.4, -0.2) is 50.1 Å². The molecule has 3 atom stereocenters. The molecule has 6 nitrogen and oxygen atoms in total. The summed E-state index contributed by atoms with van der Waals surface area (Å²) in [6, 6.07) is 0. The van der Waals surface area contributed by atoms with Crippen molar-refractivity contribution in [1.82, 2.24) is 0 Å². The molecule has 0 radical (unpaired) electrons. The molecule has 142 valence electrons. The lowest BCUT2D eigenvalue weighted by Crippen LogP contribution is -2.33. The maximum absolute atomic E-state index is 12.3. The number of hydrogen-bond acceptors (Lipinski definition) is 6. The van der Waals surface area contributed by atoms with Crippen LogP contribution in [0.2, 0.25) is 0 Å². The Labute approximate surface area is 149 Å². The molecule has 1 heterocycles. The Balaban J connectivity index is 1.69. The summed E-state index contributed by atoms with van der Waals surface area (Å²) >= 11 is 0. The van der Waals surface area contributed by atoms with Crippen LogP contribution in [0.15, 0.2) is 12.2 Å². The second-order valence-electron chi connectivity index (χ2n) is 7.98. The quantitative estimate of drug-likeness (QED) is 0.360. The molecule has 1 saturated heterocycles. The second-order valence-corrected chi connectivity index (χ2v) is 7.98. The predicted octanol–water partition coefficient (Wildman–Crippen LogP) is 2.65. The van der Waals surface area contributed by atoms with E-state index >= 15 is 0 Å². The van der Waals surface area contributed by atoms with E-state index in [0.29, 0.717) is 6.61 Å². The molecule has 6 heteroatoms. The van der Waals surface area contributed by atoms with Gasteiger partial charge in [-0.1, -0.05) is 20.4 Å². The number of fused-ring (bicyclic) bond motifs is 1. The Morgan fingerprint density at radius 3 is 2.60 bits per heavy atom. The van der Waals surface area contributed by atoms with Crippen molar-refractivity contribution in [2.75, 3.05) is 26.4 Å². The standard InChI is InChI=1S/C19H30O6/c1-6-22-10-13(2)16(20)23-11-18(3,4)12-24-17(21)14-7-8-19(5)15(9-14)25-19/h14-15H,2,6-12H2,1,3-5H3. The first-order valence-corrected chi connectivity index (χ1v) is 8.94. The van der Waals surface area contributed by atoms with Gasteiger partial charge in [0.2, 0.25) is 0 Å². The zero-order valence-electron chi connectivity index (χ0n) is 15.8. The van der Waals surface area contributed by atoms with Crippen LogP contribution < -0.4 is 0 Å². The fraction of sp³-hybridized carbons (Fsp3) is 0.789. The highest BCUT2D eigenvalue weighted by atomic mass is 16.6. The molecule has 1 aliphatic heterocycles. The zero-order chi connectivity index (χ0) is 18.7. The minimum atomic E-state index is -0.481. The monoisotopic (exact) mass is 354 g/mol. The third-order valence-electron chi connectivity index (χ3n) is 4.82.